The predicted octanol–water partition coefficient (Wildman–Crippen LogP) is 3.95. The summed E-state index contributed by atoms with van der Waals surface area (Å²) < 4.78 is 50.8. The van der Waals surface area contributed by atoms with Crippen molar-refractivity contribution in [2.45, 2.75) is 134 Å². The number of carbonyl (C=O) groups is 4. The standard InChI is InChI=1S/C40H57N7O10S/c1-9-24-17-23(3)13-11-12-14-25-20-40(25,36(50)46-58(52,53)39(7)15-16-39)45-32(48)29-18-26(22-47(29)35(49)31(24)44-37(51)57-38(4,5)6)56-34-33(55-10-2)42-27-19-30(54-8)41-21-28(27)43-34/h12,14,19,21,23-26,29,31H,9-11,13,15-18,20,22H2,1-8H3,(H,44,51)(H,45,48)(H,46,50)/b14-12-/t23-,24-,25-,26-,29+,31+,40-/m1/s1. The zero-order valence-electron chi connectivity index (χ0n) is 34.6. The zero-order valence-corrected chi connectivity index (χ0v) is 35.4. The van der Waals surface area contributed by atoms with Crippen molar-refractivity contribution in [3.63, 3.8) is 0 Å². The number of hydrogen-bond donors (Lipinski definition) is 3. The lowest BCUT2D eigenvalue weighted by Gasteiger charge is -2.34. The number of methoxy groups -OCH3 is 1. The van der Waals surface area contributed by atoms with Crippen molar-refractivity contribution in [1.29, 1.82) is 0 Å². The molecule has 17 nitrogen and oxygen atoms in total. The molecule has 2 aromatic rings. The van der Waals surface area contributed by atoms with Crippen LogP contribution in [0.5, 0.6) is 17.6 Å². The number of sulfonamides is 1. The molecule has 1 saturated heterocycles. The number of aromatic nitrogens is 3. The molecule has 2 aliphatic carbocycles. The molecule has 0 aromatic carbocycles. The van der Waals surface area contributed by atoms with E-state index in [-0.39, 0.29) is 49.6 Å². The highest BCUT2D eigenvalue weighted by Gasteiger charge is 2.63. The minimum Gasteiger partial charge on any atom is -0.481 e. The summed E-state index contributed by atoms with van der Waals surface area (Å²) in [6.45, 7) is 12.7. The van der Waals surface area contributed by atoms with Crippen molar-refractivity contribution in [3.05, 3.63) is 24.4 Å². The van der Waals surface area contributed by atoms with E-state index < -0.39 is 73.8 Å². The van der Waals surface area contributed by atoms with Gasteiger partial charge in [-0.25, -0.2) is 28.2 Å². The number of allylic oxidation sites excluding steroid dienone is 1. The fourth-order valence-corrected chi connectivity index (χ4v) is 9.05. The first kappa shape index (κ1) is 42.9. The van der Waals surface area contributed by atoms with Gasteiger partial charge in [-0.15, -0.1) is 0 Å². The third kappa shape index (κ3) is 9.26. The van der Waals surface area contributed by atoms with E-state index >= 15 is 0 Å². The molecule has 7 atom stereocenters. The molecular weight excluding hydrogens is 771 g/mol. The minimum atomic E-state index is -4.02. The van der Waals surface area contributed by atoms with Crippen molar-refractivity contribution in [3.8, 4) is 17.6 Å². The first-order chi connectivity index (χ1) is 27.3. The molecule has 3 fully saturated rings. The lowest BCUT2D eigenvalue weighted by molar-refractivity contribution is -0.142. The van der Waals surface area contributed by atoms with Gasteiger partial charge in [0.25, 0.3) is 17.7 Å². The molecule has 0 radical (unpaired) electrons. The van der Waals surface area contributed by atoms with Crippen LogP contribution in [0.1, 0.15) is 99.8 Å². The number of nitrogens with one attached hydrogen (secondary N) is 3. The van der Waals surface area contributed by atoms with E-state index in [0.29, 0.717) is 49.0 Å². The van der Waals surface area contributed by atoms with Gasteiger partial charge in [0.2, 0.25) is 27.7 Å². The number of alkyl carbamates (subject to hydrolysis) is 1. The van der Waals surface area contributed by atoms with Crippen molar-refractivity contribution < 1.29 is 46.5 Å². The SMILES string of the molecule is CCOc1nc2cc(OC)ncc2nc1O[C@@H]1C[C@H]2C(=O)N[C@]3(C(=O)NS(=O)(=O)C4(C)CC4)C[C@H]3/C=C\CC[C@@H](C)C[C@@H](CC)[C@H](NC(=O)OC(C)(C)C)C(=O)N2C1. The fourth-order valence-electron chi connectivity index (χ4n) is 7.74. The van der Waals surface area contributed by atoms with Crippen LogP contribution < -0.4 is 29.6 Å². The summed E-state index contributed by atoms with van der Waals surface area (Å²) in [5.74, 6) is -2.24. The molecule has 0 unspecified atom stereocenters. The average Bonchev–Trinajstić information content (AvgIpc) is 4.03. The summed E-state index contributed by atoms with van der Waals surface area (Å²) in [6, 6.07) is -0.661. The summed E-state index contributed by atoms with van der Waals surface area (Å²) in [5, 5.41) is 5.74. The number of ether oxygens (including phenoxy) is 4. The van der Waals surface area contributed by atoms with E-state index in [1.165, 1.54) is 18.2 Å². The van der Waals surface area contributed by atoms with Crippen molar-refractivity contribution in [1.82, 2.24) is 35.2 Å². The number of hydrogen-bond acceptors (Lipinski definition) is 13. The van der Waals surface area contributed by atoms with E-state index in [2.05, 4.69) is 37.2 Å². The highest BCUT2D eigenvalue weighted by molar-refractivity contribution is 7.91. The van der Waals surface area contributed by atoms with Gasteiger partial charge in [0.1, 0.15) is 34.8 Å². The third-order valence-corrected chi connectivity index (χ3v) is 13.7. The Morgan fingerprint density at radius 2 is 1.81 bits per heavy atom. The number of pyridine rings is 1. The Bertz CT molecular complexity index is 2050. The van der Waals surface area contributed by atoms with Crippen LogP contribution in [-0.4, -0.2) is 106 Å². The number of nitrogens with zero attached hydrogens (tertiary/aromatic N) is 4. The lowest BCUT2D eigenvalue weighted by atomic mass is 9.85. The van der Waals surface area contributed by atoms with Gasteiger partial charge in [-0.2, -0.15) is 0 Å². The lowest BCUT2D eigenvalue weighted by Crippen LogP contribution is -2.59. The van der Waals surface area contributed by atoms with E-state index in [1.807, 2.05) is 19.1 Å². The number of carbonyl (C=O) groups excluding carboxylic acids is 4. The second kappa shape index (κ2) is 16.5. The van der Waals surface area contributed by atoms with Crippen LogP contribution >= 0.6 is 0 Å². The molecule has 4 amide bonds. The van der Waals surface area contributed by atoms with E-state index in [1.54, 1.807) is 40.7 Å². The summed E-state index contributed by atoms with van der Waals surface area (Å²) in [6.07, 6.45) is 7.23. The Balaban J connectivity index is 1.37. The monoisotopic (exact) mass is 827 g/mol. The molecule has 0 bridgehead atoms. The molecule has 58 heavy (non-hydrogen) atoms. The van der Waals surface area contributed by atoms with Gasteiger partial charge in [0.15, 0.2) is 0 Å². The van der Waals surface area contributed by atoms with Crippen molar-refractivity contribution in [2.24, 2.45) is 17.8 Å². The van der Waals surface area contributed by atoms with Crippen molar-refractivity contribution >= 4 is 44.9 Å². The molecule has 4 aliphatic rings. The molecule has 4 heterocycles. The second-order valence-electron chi connectivity index (χ2n) is 17.3. The van der Waals surface area contributed by atoms with Crippen LogP contribution in [0, 0.1) is 17.8 Å². The van der Waals surface area contributed by atoms with Gasteiger partial charge < -0.3 is 34.5 Å². The van der Waals surface area contributed by atoms with Crippen molar-refractivity contribution in [2.75, 3.05) is 20.3 Å². The molecule has 318 valence electrons. The maximum Gasteiger partial charge on any atom is 0.408 e. The van der Waals surface area contributed by atoms with Crippen LogP contribution in [0.3, 0.4) is 0 Å². The number of fused-ring (bicyclic) bond motifs is 3. The van der Waals surface area contributed by atoms with Crippen LogP contribution in [-0.2, 0) is 29.1 Å². The Kier molecular flexibility index (Phi) is 12.2. The van der Waals surface area contributed by atoms with Crippen LogP contribution in [0.15, 0.2) is 24.4 Å². The molecule has 2 aliphatic heterocycles. The number of rotatable bonds is 10. The van der Waals surface area contributed by atoms with Gasteiger partial charge in [0, 0.05) is 18.4 Å². The Labute approximate surface area is 339 Å². The molecule has 3 N–H and O–H groups in total. The first-order valence-electron chi connectivity index (χ1n) is 20.2. The maximum absolute atomic E-state index is 15.0. The van der Waals surface area contributed by atoms with Crippen LogP contribution in [0.25, 0.3) is 11.0 Å². The second-order valence-corrected chi connectivity index (χ2v) is 19.5. The van der Waals surface area contributed by atoms with Crippen LogP contribution in [0.2, 0.25) is 0 Å². The molecule has 2 aromatic heterocycles. The van der Waals surface area contributed by atoms with E-state index in [0.717, 1.165) is 6.42 Å². The molecule has 0 spiro atoms. The Hall–Kier alpha value is -4.74. The van der Waals surface area contributed by atoms with Gasteiger partial charge >= 0.3 is 6.09 Å². The number of amides is 4. The largest absolute Gasteiger partial charge is 0.481 e. The summed E-state index contributed by atoms with van der Waals surface area (Å²) in [5.41, 5.74) is -1.57. The summed E-state index contributed by atoms with van der Waals surface area (Å²) in [4.78, 5) is 71.7. The minimum absolute atomic E-state index is 0.0209. The molecular formula is C40H57N7O10S. The fraction of sp³-hybridized carbons (Fsp3) is 0.675. The van der Waals surface area contributed by atoms with Gasteiger partial charge in [-0.05, 0) is 85.0 Å². The highest BCUT2D eigenvalue weighted by atomic mass is 32.2. The van der Waals surface area contributed by atoms with Gasteiger partial charge in [0.05, 0.1) is 36.7 Å². The Morgan fingerprint density at radius 3 is 2.47 bits per heavy atom. The zero-order chi connectivity index (χ0) is 42.2. The molecule has 18 heteroatoms. The van der Waals surface area contributed by atoms with E-state index in [4.69, 9.17) is 18.9 Å². The summed E-state index contributed by atoms with van der Waals surface area (Å²) >= 11 is 0. The smallest absolute Gasteiger partial charge is 0.408 e. The molecule has 6 rings (SSSR count). The average molecular weight is 828 g/mol. The Morgan fingerprint density at radius 1 is 1.09 bits per heavy atom. The highest BCUT2D eigenvalue weighted by Crippen LogP contribution is 2.47. The van der Waals surface area contributed by atoms with Gasteiger partial charge in [-0.1, -0.05) is 32.4 Å². The van der Waals surface area contributed by atoms with Crippen LogP contribution in [0.4, 0.5) is 4.79 Å². The van der Waals surface area contributed by atoms with E-state index in [9.17, 15) is 27.6 Å². The third-order valence-electron chi connectivity index (χ3n) is 11.5. The maximum atomic E-state index is 15.0. The predicted molar refractivity (Wildman–Crippen MR) is 212 cm³/mol. The quantitative estimate of drug-likeness (QED) is 0.290. The normalized spacial score (nSPS) is 29.1. The van der Waals surface area contributed by atoms with Gasteiger partial charge in [-0.3, -0.25) is 19.1 Å². The first-order valence-corrected chi connectivity index (χ1v) is 21.7. The molecule has 2 saturated carbocycles. The summed E-state index contributed by atoms with van der Waals surface area (Å²) in [7, 11) is -2.54. The topological polar surface area (TPSA) is 217 Å².